The summed E-state index contributed by atoms with van der Waals surface area (Å²) in [5.74, 6) is 0.646. The fraction of sp³-hybridized carbons (Fsp3) is 0.455. The largest absolute Gasteiger partial charge is 0.359 e. The summed E-state index contributed by atoms with van der Waals surface area (Å²) in [7, 11) is 0. The van der Waals surface area contributed by atoms with Crippen LogP contribution in [0.4, 0.5) is 4.39 Å². The third kappa shape index (κ3) is 4.02. The van der Waals surface area contributed by atoms with E-state index in [4.69, 9.17) is 4.52 Å². The van der Waals surface area contributed by atoms with Crippen LogP contribution >= 0.6 is 0 Å². The van der Waals surface area contributed by atoms with Crippen molar-refractivity contribution in [3.63, 3.8) is 0 Å². The van der Waals surface area contributed by atoms with Crippen molar-refractivity contribution < 1.29 is 8.91 Å². The molecule has 3 aromatic rings. The van der Waals surface area contributed by atoms with Gasteiger partial charge in [-0.3, -0.25) is 9.58 Å². The highest BCUT2D eigenvalue weighted by Crippen LogP contribution is 2.33. The Morgan fingerprint density at radius 3 is 2.75 bits per heavy atom. The molecule has 1 saturated heterocycles. The Hall–Kier alpha value is -2.47. The molecule has 0 saturated carbocycles. The van der Waals surface area contributed by atoms with Crippen molar-refractivity contribution in [2.24, 2.45) is 0 Å². The van der Waals surface area contributed by atoms with Crippen molar-refractivity contribution >= 4 is 0 Å². The minimum absolute atomic E-state index is 0.202. The smallest absolute Gasteiger partial charge is 0.154 e. The van der Waals surface area contributed by atoms with Gasteiger partial charge in [-0.25, -0.2) is 4.39 Å². The van der Waals surface area contributed by atoms with Crippen LogP contribution in [0.5, 0.6) is 0 Å². The van der Waals surface area contributed by atoms with Crippen LogP contribution in [-0.2, 0) is 13.1 Å². The van der Waals surface area contributed by atoms with Crippen molar-refractivity contribution in [3.05, 3.63) is 59.4 Å². The van der Waals surface area contributed by atoms with Crippen LogP contribution in [-0.4, -0.2) is 26.4 Å². The number of aromatic nitrogens is 3. The predicted octanol–water partition coefficient (Wildman–Crippen LogP) is 5.12. The van der Waals surface area contributed by atoms with Gasteiger partial charge in [0.05, 0.1) is 11.7 Å². The molecular formula is C22H27FN4O. The molecule has 148 valence electrons. The van der Waals surface area contributed by atoms with Crippen LogP contribution in [0.2, 0.25) is 0 Å². The van der Waals surface area contributed by atoms with Crippen LogP contribution in [0.3, 0.4) is 0 Å². The molecule has 0 aliphatic carbocycles. The topological polar surface area (TPSA) is 47.1 Å². The summed E-state index contributed by atoms with van der Waals surface area (Å²) < 4.78 is 21.0. The van der Waals surface area contributed by atoms with Crippen molar-refractivity contribution in [1.29, 1.82) is 0 Å². The van der Waals surface area contributed by atoms with Gasteiger partial charge in [-0.2, -0.15) is 5.10 Å². The van der Waals surface area contributed by atoms with Gasteiger partial charge in [-0.05, 0) is 57.5 Å². The standard InChI is InChI=1S/C22H27FN4O/c1-3-27-15-18(16(2)24-27)14-26-12-6-4-5-7-21(26)22-13-20(25-28-22)17-8-10-19(23)11-9-17/h8-11,13,15,21H,3-7,12,14H2,1-2H3/t21-/m0/s1. The second-order valence-electron chi connectivity index (χ2n) is 7.55. The molecule has 2 aromatic heterocycles. The van der Waals surface area contributed by atoms with Crippen LogP contribution in [0, 0.1) is 12.7 Å². The van der Waals surface area contributed by atoms with Crippen molar-refractivity contribution in [3.8, 4) is 11.3 Å². The monoisotopic (exact) mass is 382 g/mol. The van der Waals surface area contributed by atoms with E-state index in [1.54, 1.807) is 12.1 Å². The lowest BCUT2D eigenvalue weighted by atomic mass is 10.0. The first-order valence-electron chi connectivity index (χ1n) is 10.1. The third-order valence-corrected chi connectivity index (χ3v) is 5.61. The molecule has 6 heteroatoms. The maximum atomic E-state index is 13.2. The first kappa shape index (κ1) is 18.9. The Morgan fingerprint density at radius 2 is 2.00 bits per heavy atom. The molecule has 0 radical (unpaired) electrons. The maximum absolute atomic E-state index is 13.2. The van der Waals surface area contributed by atoms with Gasteiger partial charge in [0.15, 0.2) is 5.76 Å². The highest BCUT2D eigenvalue weighted by atomic mass is 19.1. The van der Waals surface area contributed by atoms with Crippen LogP contribution in [0.15, 0.2) is 41.1 Å². The van der Waals surface area contributed by atoms with Gasteiger partial charge in [0.1, 0.15) is 11.5 Å². The number of rotatable bonds is 5. The zero-order valence-corrected chi connectivity index (χ0v) is 16.6. The van der Waals surface area contributed by atoms with E-state index in [1.165, 1.54) is 37.0 Å². The second kappa shape index (κ2) is 8.27. The average Bonchev–Trinajstić information content (AvgIpc) is 3.24. The predicted molar refractivity (Wildman–Crippen MR) is 106 cm³/mol. The number of halogens is 1. The first-order valence-corrected chi connectivity index (χ1v) is 10.1. The lowest BCUT2D eigenvalue weighted by Crippen LogP contribution is -2.28. The highest BCUT2D eigenvalue weighted by molar-refractivity contribution is 5.58. The van der Waals surface area contributed by atoms with Gasteiger partial charge in [0, 0.05) is 36.5 Å². The number of benzene rings is 1. The van der Waals surface area contributed by atoms with E-state index in [0.29, 0.717) is 0 Å². The minimum atomic E-state index is -0.245. The SMILES string of the molecule is CCn1cc(CN2CCCCC[C@H]2c2cc(-c3ccc(F)cc3)no2)c(C)n1. The first-order chi connectivity index (χ1) is 13.6. The van der Waals surface area contributed by atoms with E-state index < -0.39 is 0 Å². The molecule has 1 fully saturated rings. The molecule has 0 spiro atoms. The van der Waals surface area contributed by atoms with E-state index in [2.05, 4.69) is 35.2 Å². The van der Waals surface area contributed by atoms with Gasteiger partial charge >= 0.3 is 0 Å². The van der Waals surface area contributed by atoms with E-state index in [9.17, 15) is 4.39 Å². The van der Waals surface area contributed by atoms with Gasteiger partial charge in [-0.15, -0.1) is 0 Å². The van der Waals surface area contributed by atoms with E-state index >= 15 is 0 Å². The Morgan fingerprint density at radius 1 is 1.18 bits per heavy atom. The number of likely N-dealkylation sites (tertiary alicyclic amines) is 1. The van der Waals surface area contributed by atoms with Crippen molar-refractivity contribution in [2.75, 3.05) is 6.54 Å². The maximum Gasteiger partial charge on any atom is 0.154 e. The molecule has 1 atom stereocenters. The molecule has 3 heterocycles. The molecule has 1 aliphatic heterocycles. The molecule has 0 N–H and O–H groups in total. The van der Waals surface area contributed by atoms with E-state index in [0.717, 1.165) is 48.8 Å². The lowest BCUT2D eigenvalue weighted by Gasteiger charge is -2.27. The molecular weight excluding hydrogens is 355 g/mol. The number of hydrogen-bond donors (Lipinski definition) is 0. The summed E-state index contributed by atoms with van der Waals surface area (Å²) in [5.41, 5.74) is 3.99. The van der Waals surface area contributed by atoms with Crippen molar-refractivity contribution in [1.82, 2.24) is 19.8 Å². The Kier molecular flexibility index (Phi) is 5.57. The molecule has 0 amide bonds. The third-order valence-electron chi connectivity index (χ3n) is 5.61. The number of nitrogens with zero attached hydrogens (tertiary/aromatic N) is 4. The van der Waals surface area contributed by atoms with E-state index in [1.807, 2.05) is 10.7 Å². The lowest BCUT2D eigenvalue weighted by molar-refractivity contribution is 0.160. The van der Waals surface area contributed by atoms with Gasteiger partial charge in [0.25, 0.3) is 0 Å². The molecule has 4 rings (SSSR count). The zero-order valence-electron chi connectivity index (χ0n) is 16.6. The molecule has 5 nitrogen and oxygen atoms in total. The molecule has 1 aliphatic rings. The number of aryl methyl sites for hydroxylation is 2. The zero-order chi connectivity index (χ0) is 19.5. The highest BCUT2D eigenvalue weighted by Gasteiger charge is 2.27. The Labute approximate surface area is 165 Å². The average molecular weight is 382 g/mol. The summed E-state index contributed by atoms with van der Waals surface area (Å²) in [6.45, 7) is 6.97. The fourth-order valence-corrected chi connectivity index (χ4v) is 3.98. The van der Waals surface area contributed by atoms with E-state index in [-0.39, 0.29) is 11.9 Å². The second-order valence-corrected chi connectivity index (χ2v) is 7.55. The Bertz CT molecular complexity index is 915. The Balaban J connectivity index is 1.58. The molecule has 0 unspecified atom stereocenters. The minimum Gasteiger partial charge on any atom is -0.359 e. The van der Waals surface area contributed by atoms with Gasteiger partial charge in [0.2, 0.25) is 0 Å². The fourth-order valence-electron chi connectivity index (χ4n) is 3.98. The summed E-state index contributed by atoms with van der Waals surface area (Å²) >= 11 is 0. The summed E-state index contributed by atoms with van der Waals surface area (Å²) in [5, 5.41) is 8.85. The van der Waals surface area contributed by atoms with Crippen LogP contribution in [0.25, 0.3) is 11.3 Å². The summed E-state index contributed by atoms with van der Waals surface area (Å²) in [4.78, 5) is 2.49. The molecule has 28 heavy (non-hydrogen) atoms. The molecule has 1 aromatic carbocycles. The normalized spacial score (nSPS) is 18.3. The number of hydrogen-bond acceptors (Lipinski definition) is 4. The summed E-state index contributed by atoms with van der Waals surface area (Å²) in [6, 6.07) is 8.60. The summed E-state index contributed by atoms with van der Waals surface area (Å²) in [6.07, 6.45) is 6.82. The van der Waals surface area contributed by atoms with Gasteiger partial charge in [-0.1, -0.05) is 18.0 Å². The van der Waals surface area contributed by atoms with Crippen LogP contribution in [0.1, 0.15) is 55.7 Å². The van der Waals surface area contributed by atoms with Crippen molar-refractivity contribution in [2.45, 2.75) is 58.7 Å². The van der Waals surface area contributed by atoms with Gasteiger partial charge < -0.3 is 4.52 Å². The van der Waals surface area contributed by atoms with Crippen LogP contribution < -0.4 is 0 Å². The quantitative estimate of drug-likeness (QED) is 0.614. The molecule has 0 bridgehead atoms.